The highest BCUT2D eigenvalue weighted by molar-refractivity contribution is 5.92. The molecule has 0 fully saturated rings. The lowest BCUT2D eigenvalue weighted by Gasteiger charge is -2.08. The molecule has 2 aromatic rings. The summed E-state index contributed by atoms with van der Waals surface area (Å²) in [5, 5.41) is 0. The second kappa shape index (κ2) is 12.6. The van der Waals surface area contributed by atoms with Crippen molar-refractivity contribution in [1.82, 2.24) is 0 Å². The maximum atomic E-state index is 12.3. The Kier molecular flexibility index (Phi) is 9.76. The Morgan fingerprint density at radius 2 is 1.24 bits per heavy atom. The first-order valence-electron chi connectivity index (χ1n) is 10.4. The normalized spacial score (nSPS) is 10.4. The third kappa shape index (κ3) is 7.98. The van der Waals surface area contributed by atoms with E-state index in [1.165, 1.54) is 12.8 Å². The molecule has 29 heavy (non-hydrogen) atoms. The molecule has 0 saturated heterocycles. The molecule has 5 nitrogen and oxygen atoms in total. The maximum absolute atomic E-state index is 12.3. The molecular weight excluding hydrogens is 368 g/mol. The van der Waals surface area contributed by atoms with Crippen molar-refractivity contribution in [3.63, 3.8) is 0 Å². The number of hydrogen-bond acceptors (Lipinski definition) is 5. The Balaban J connectivity index is 1.82. The smallest absolute Gasteiger partial charge is 0.343 e. The number of rotatable bonds is 12. The summed E-state index contributed by atoms with van der Waals surface area (Å²) >= 11 is 0. The number of carbonyl (C=O) groups is 2. The van der Waals surface area contributed by atoms with Crippen LogP contribution in [0.3, 0.4) is 0 Å². The monoisotopic (exact) mass is 398 g/mol. The van der Waals surface area contributed by atoms with Gasteiger partial charge in [-0.3, -0.25) is 0 Å². The van der Waals surface area contributed by atoms with Gasteiger partial charge >= 0.3 is 11.9 Å². The van der Waals surface area contributed by atoms with Crippen LogP contribution in [0.15, 0.2) is 48.5 Å². The number of carbonyl (C=O) groups excluding carboxylic acids is 2. The van der Waals surface area contributed by atoms with Gasteiger partial charge in [0.1, 0.15) is 11.5 Å². The SMILES string of the molecule is CCCCCCOc1ccc(C(=O)Oc2ccc(C(=O)OCCCC)cc2)cc1. The van der Waals surface area contributed by atoms with Gasteiger partial charge in [-0.25, -0.2) is 9.59 Å². The summed E-state index contributed by atoms with van der Waals surface area (Å²) in [6.45, 7) is 5.29. The fraction of sp³-hybridized carbons (Fsp3) is 0.417. The van der Waals surface area contributed by atoms with E-state index in [2.05, 4.69) is 6.92 Å². The van der Waals surface area contributed by atoms with E-state index in [0.717, 1.165) is 31.4 Å². The molecule has 2 aromatic carbocycles. The van der Waals surface area contributed by atoms with E-state index in [-0.39, 0.29) is 5.97 Å². The predicted molar refractivity (Wildman–Crippen MR) is 113 cm³/mol. The van der Waals surface area contributed by atoms with Crippen LogP contribution in [-0.2, 0) is 4.74 Å². The molecule has 0 amide bonds. The number of esters is 2. The summed E-state index contributed by atoms with van der Waals surface area (Å²) in [5.41, 5.74) is 0.868. The zero-order valence-corrected chi connectivity index (χ0v) is 17.3. The van der Waals surface area contributed by atoms with E-state index in [9.17, 15) is 9.59 Å². The van der Waals surface area contributed by atoms with Gasteiger partial charge in [-0.15, -0.1) is 0 Å². The summed E-state index contributed by atoms with van der Waals surface area (Å²) in [6, 6.07) is 13.3. The summed E-state index contributed by atoms with van der Waals surface area (Å²) in [4.78, 5) is 24.2. The second-order valence-electron chi connectivity index (χ2n) is 6.84. The first kappa shape index (κ1) is 22.5. The van der Waals surface area contributed by atoms with Crippen molar-refractivity contribution in [3.8, 4) is 11.5 Å². The maximum Gasteiger partial charge on any atom is 0.343 e. The van der Waals surface area contributed by atoms with E-state index in [4.69, 9.17) is 14.2 Å². The van der Waals surface area contributed by atoms with Crippen LogP contribution < -0.4 is 9.47 Å². The topological polar surface area (TPSA) is 61.8 Å². The Hall–Kier alpha value is -2.82. The molecule has 0 heterocycles. The summed E-state index contributed by atoms with van der Waals surface area (Å²) in [6.07, 6.45) is 6.41. The molecule has 0 unspecified atom stereocenters. The van der Waals surface area contributed by atoms with Crippen LogP contribution in [0.25, 0.3) is 0 Å². The van der Waals surface area contributed by atoms with Crippen LogP contribution in [0.1, 0.15) is 73.1 Å². The van der Waals surface area contributed by atoms with Gasteiger partial charge in [-0.2, -0.15) is 0 Å². The average Bonchev–Trinajstić information content (AvgIpc) is 2.74. The van der Waals surface area contributed by atoms with Gasteiger partial charge in [0.2, 0.25) is 0 Å². The van der Waals surface area contributed by atoms with Crippen LogP contribution in [0.5, 0.6) is 11.5 Å². The Labute approximate surface area is 173 Å². The lowest BCUT2D eigenvalue weighted by molar-refractivity contribution is 0.0499. The molecule has 0 aliphatic rings. The number of ether oxygens (including phenoxy) is 3. The Morgan fingerprint density at radius 3 is 1.86 bits per heavy atom. The van der Waals surface area contributed by atoms with E-state index in [0.29, 0.717) is 30.1 Å². The van der Waals surface area contributed by atoms with Crippen molar-refractivity contribution >= 4 is 11.9 Å². The number of unbranched alkanes of at least 4 members (excludes halogenated alkanes) is 4. The zero-order chi connectivity index (χ0) is 20.9. The Bertz CT molecular complexity index is 750. The molecule has 0 radical (unpaired) electrons. The van der Waals surface area contributed by atoms with Crippen molar-refractivity contribution in [2.45, 2.75) is 52.4 Å². The van der Waals surface area contributed by atoms with Crippen molar-refractivity contribution in [2.24, 2.45) is 0 Å². The molecular formula is C24H30O5. The first-order chi connectivity index (χ1) is 14.1. The molecule has 2 rings (SSSR count). The van der Waals surface area contributed by atoms with Crippen LogP contribution in [0.2, 0.25) is 0 Å². The lowest BCUT2D eigenvalue weighted by Crippen LogP contribution is -2.09. The van der Waals surface area contributed by atoms with Gasteiger partial charge < -0.3 is 14.2 Å². The van der Waals surface area contributed by atoms with Crippen molar-refractivity contribution in [2.75, 3.05) is 13.2 Å². The van der Waals surface area contributed by atoms with E-state index in [1.807, 2.05) is 6.92 Å². The fourth-order valence-electron chi connectivity index (χ4n) is 2.62. The largest absolute Gasteiger partial charge is 0.494 e. The van der Waals surface area contributed by atoms with Crippen LogP contribution in [0.4, 0.5) is 0 Å². The molecule has 0 N–H and O–H groups in total. The molecule has 0 atom stereocenters. The second-order valence-corrected chi connectivity index (χ2v) is 6.84. The first-order valence-corrected chi connectivity index (χ1v) is 10.4. The molecule has 156 valence electrons. The Morgan fingerprint density at radius 1 is 0.655 bits per heavy atom. The van der Waals surface area contributed by atoms with Crippen LogP contribution >= 0.6 is 0 Å². The third-order valence-electron chi connectivity index (χ3n) is 4.39. The minimum atomic E-state index is -0.460. The summed E-state index contributed by atoms with van der Waals surface area (Å²) in [7, 11) is 0. The number of hydrogen-bond donors (Lipinski definition) is 0. The highest BCUT2D eigenvalue weighted by atomic mass is 16.5. The van der Waals surface area contributed by atoms with Crippen LogP contribution in [0, 0.1) is 0 Å². The predicted octanol–water partition coefficient (Wildman–Crippen LogP) is 5.82. The van der Waals surface area contributed by atoms with Crippen LogP contribution in [-0.4, -0.2) is 25.2 Å². The summed E-state index contributed by atoms with van der Waals surface area (Å²) < 4.78 is 16.2. The van der Waals surface area contributed by atoms with Gasteiger partial charge in [0.05, 0.1) is 24.3 Å². The van der Waals surface area contributed by atoms with E-state index < -0.39 is 5.97 Å². The molecule has 5 heteroatoms. The minimum absolute atomic E-state index is 0.372. The average molecular weight is 398 g/mol. The van der Waals surface area contributed by atoms with Gasteiger partial charge in [-0.05, 0) is 61.4 Å². The van der Waals surface area contributed by atoms with E-state index >= 15 is 0 Å². The standard InChI is InChI=1S/C24H30O5/c1-3-5-7-8-18-27-21-13-9-20(10-14-21)24(26)29-22-15-11-19(12-16-22)23(25)28-17-6-4-2/h9-16H,3-8,17-18H2,1-2H3. The quantitative estimate of drug-likeness (QED) is 0.256. The molecule has 0 bridgehead atoms. The van der Waals surface area contributed by atoms with Crippen molar-refractivity contribution < 1.29 is 23.8 Å². The highest BCUT2D eigenvalue weighted by Gasteiger charge is 2.11. The summed E-state index contributed by atoms with van der Waals surface area (Å²) in [5.74, 6) is 0.278. The molecule has 0 aliphatic carbocycles. The number of benzene rings is 2. The van der Waals surface area contributed by atoms with Gasteiger partial charge in [0, 0.05) is 0 Å². The molecule has 0 aliphatic heterocycles. The van der Waals surface area contributed by atoms with E-state index in [1.54, 1.807) is 48.5 Å². The minimum Gasteiger partial charge on any atom is -0.494 e. The third-order valence-corrected chi connectivity index (χ3v) is 4.39. The molecule has 0 aromatic heterocycles. The van der Waals surface area contributed by atoms with Crippen molar-refractivity contribution in [3.05, 3.63) is 59.7 Å². The molecule has 0 spiro atoms. The fourth-order valence-corrected chi connectivity index (χ4v) is 2.62. The lowest BCUT2D eigenvalue weighted by atomic mass is 10.2. The highest BCUT2D eigenvalue weighted by Crippen LogP contribution is 2.17. The van der Waals surface area contributed by atoms with Crippen molar-refractivity contribution in [1.29, 1.82) is 0 Å². The zero-order valence-electron chi connectivity index (χ0n) is 17.3. The van der Waals surface area contributed by atoms with Gasteiger partial charge in [-0.1, -0.05) is 39.5 Å². The van der Waals surface area contributed by atoms with Gasteiger partial charge in [0.25, 0.3) is 0 Å². The van der Waals surface area contributed by atoms with Gasteiger partial charge in [0.15, 0.2) is 0 Å². The molecule has 0 saturated carbocycles.